The van der Waals surface area contributed by atoms with Gasteiger partial charge in [0.15, 0.2) is 0 Å². The van der Waals surface area contributed by atoms with Crippen LogP contribution in [-0.2, 0) is 10.8 Å². The first-order valence-electron chi connectivity index (χ1n) is 25.4. The molecule has 2 aliphatic rings. The fourth-order valence-corrected chi connectivity index (χ4v) is 12.7. The normalized spacial score (nSPS) is 13.4. The lowest BCUT2D eigenvalue weighted by atomic mass is 9.51. The molecule has 0 bridgehead atoms. The summed E-state index contributed by atoms with van der Waals surface area (Å²) in [5, 5.41) is 2.49. The molecule has 342 valence electrons. The Bertz CT molecular complexity index is 3900. The van der Waals surface area contributed by atoms with E-state index < -0.39 is 10.8 Å². The van der Waals surface area contributed by atoms with Crippen molar-refractivity contribution in [2.45, 2.75) is 10.8 Å². The standard InChI is InChI=1S/C72H49N/c1-4-19-50(20-5-1)52-37-43-59(44-38-52)73(60-45-39-53(40-46-60)56-36-35-51-21-10-11-22-55(51)49-56)61-47-41-54(42-48-61)62-28-18-34-69-70(62)63-27-12-13-29-64(63)72(69)67-32-16-14-30-65(67)71(57-23-6-2-7-24-57,58-25-8-3-9-26-58)66-31-15-17-33-68(66)72/h1-49H. The Labute approximate surface area is 427 Å². The van der Waals surface area contributed by atoms with Crippen molar-refractivity contribution in [2.24, 2.45) is 0 Å². The molecule has 0 saturated carbocycles. The molecular weight excluding hydrogens is 879 g/mol. The average molecular weight is 928 g/mol. The monoisotopic (exact) mass is 927 g/mol. The zero-order valence-corrected chi connectivity index (χ0v) is 40.2. The first-order chi connectivity index (χ1) is 36.2. The van der Waals surface area contributed by atoms with Crippen LogP contribution in [0.25, 0.3) is 55.3 Å². The molecule has 73 heavy (non-hydrogen) atoms. The van der Waals surface area contributed by atoms with Crippen molar-refractivity contribution >= 4 is 27.8 Å². The Morgan fingerprint density at radius 1 is 0.219 bits per heavy atom. The van der Waals surface area contributed by atoms with Crippen LogP contribution in [0.1, 0.15) is 44.5 Å². The molecule has 0 amide bonds. The second-order valence-corrected chi connectivity index (χ2v) is 19.5. The number of anilines is 3. The van der Waals surface area contributed by atoms with E-state index in [2.05, 4.69) is 302 Å². The van der Waals surface area contributed by atoms with Crippen LogP contribution in [0.3, 0.4) is 0 Å². The number of fused-ring (bicyclic) bond motifs is 10. The van der Waals surface area contributed by atoms with Crippen molar-refractivity contribution in [1.82, 2.24) is 0 Å². The third-order valence-electron chi connectivity index (χ3n) is 15.8. The molecule has 0 heterocycles. The van der Waals surface area contributed by atoms with Crippen LogP contribution in [0.15, 0.2) is 297 Å². The van der Waals surface area contributed by atoms with Crippen LogP contribution in [0.2, 0.25) is 0 Å². The maximum Gasteiger partial charge on any atom is 0.0720 e. The van der Waals surface area contributed by atoms with E-state index in [1.54, 1.807) is 0 Å². The number of benzene rings is 12. The van der Waals surface area contributed by atoms with Gasteiger partial charge in [-0.25, -0.2) is 0 Å². The van der Waals surface area contributed by atoms with E-state index >= 15 is 0 Å². The lowest BCUT2D eigenvalue weighted by Gasteiger charge is -2.50. The van der Waals surface area contributed by atoms with Crippen LogP contribution in [-0.4, -0.2) is 0 Å². The Morgan fingerprint density at radius 2 is 0.603 bits per heavy atom. The summed E-state index contributed by atoms with van der Waals surface area (Å²) in [6.45, 7) is 0. The summed E-state index contributed by atoms with van der Waals surface area (Å²) < 4.78 is 0. The highest BCUT2D eigenvalue weighted by Gasteiger charge is 2.56. The van der Waals surface area contributed by atoms with Gasteiger partial charge in [-0.05, 0) is 142 Å². The lowest BCUT2D eigenvalue weighted by Crippen LogP contribution is -2.44. The summed E-state index contributed by atoms with van der Waals surface area (Å²) in [5.41, 5.74) is 22.4. The molecule has 0 fully saturated rings. The third kappa shape index (κ3) is 6.56. The topological polar surface area (TPSA) is 3.24 Å². The van der Waals surface area contributed by atoms with Crippen molar-refractivity contribution in [3.63, 3.8) is 0 Å². The van der Waals surface area contributed by atoms with E-state index in [4.69, 9.17) is 0 Å². The molecule has 0 unspecified atom stereocenters. The molecule has 0 aliphatic heterocycles. The minimum atomic E-state index is -0.566. The van der Waals surface area contributed by atoms with Gasteiger partial charge in [-0.2, -0.15) is 0 Å². The minimum Gasteiger partial charge on any atom is -0.311 e. The van der Waals surface area contributed by atoms with Gasteiger partial charge in [0, 0.05) is 17.1 Å². The van der Waals surface area contributed by atoms with Gasteiger partial charge >= 0.3 is 0 Å². The molecule has 1 spiro atoms. The van der Waals surface area contributed by atoms with Gasteiger partial charge in [0.25, 0.3) is 0 Å². The zero-order chi connectivity index (χ0) is 48.3. The van der Waals surface area contributed by atoms with Gasteiger partial charge < -0.3 is 4.90 Å². The van der Waals surface area contributed by atoms with E-state index in [0.29, 0.717) is 0 Å². The first kappa shape index (κ1) is 42.6. The van der Waals surface area contributed by atoms with Crippen LogP contribution in [0.5, 0.6) is 0 Å². The number of hydrogen-bond acceptors (Lipinski definition) is 1. The molecule has 0 radical (unpaired) electrons. The Morgan fingerprint density at radius 3 is 1.16 bits per heavy atom. The third-order valence-corrected chi connectivity index (χ3v) is 15.8. The number of rotatable bonds is 8. The molecular formula is C72H49N. The van der Waals surface area contributed by atoms with E-state index in [1.165, 1.54) is 99.8 Å². The Hall–Kier alpha value is -9.30. The summed E-state index contributed by atoms with van der Waals surface area (Å²) in [5.74, 6) is 0. The molecule has 2 aliphatic carbocycles. The molecule has 12 aromatic carbocycles. The predicted octanol–water partition coefficient (Wildman–Crippen LogP) is 18.4. The summed E-state index contributed by atoms with van der Waals surface area (Å²) in [7, 11) is 0. The highest BCUT2D eigenvalue weighted by Crippen LogP contribution is 2.65. The summed E-state index contributed by atoms with van der Waals surface area (Å²) in [6, 6.07) is 110. The van der Waals surface area contributed by atoms with Crippen molar-refractivity contribution in [1.29, 1.82) is 0 Å². The molecule has 0 aromatic heterocycles. The molecule has 0 N–H and O–H groups in total. The van der Waals surface area contributed by atoms with Gasteiger partial charge in [0.05, 0.1) is 10.8 Å². The number of nitrogens with zero attached hydrogens (tertiary/aromatic N) is 1. The van der Waals surface area contributed by atoms with Crippen LogP contribution in [0.4, 0.5) is 17.1 Å². The highest BCUT2D eigenvalue weighted by molar-refractivity contribution is 5.97. The highest BCUT2D eigenvalue weighted by atomic mass is 15.1. The van der Waals surface area contributed by atoms with Crippen LogP contribution < -0.4 is 4.90 Å². The Kier molecular flexibility index (Phi) is 10.0. The molecule has 1 nitrogen and oxygen atoms in total. The average Bonchev–Trinajstić information content (AvgIpc) is 3.77. The zero-order valence-electron chi connectivity index (χ0n) is 40.2. The second-order valence-electron chi connectivity index (χ2n) is 19.5. The molecule has 12 aromatic rings. The smallest absolute Gasteiger partial charge is 0.0720 e. The second kappa shape index (κ2) is 17.2. The van der Waals surface area contributed by atoms with E-state index in [-0.39, 0.29) is 0 Å². The quantitative estimate of drug-likeness (QED) is 0.147. The Balaban J connectivity index is 0.917. The van der Waals surface area contributed by atoms with Gasteiger partial charge in [0.1, 0.15) is 0 Å². The van der Waals surface area contributed by atoms with E-state index in [9.17, 15) is 0 Å². The SMILES string of the molecule is c1ccc(-c2ccc(N(c3ccc(-c4ccc5ccccc5c4)cc3)c3ccc(-c4cccc5c4-c4ccccc4C54c5ccccc5C(c5ccccc5)(c5ccccc5)c5ccccc54)cc3)cc2)cc1. The van der Waals surface area contributed by atoms with Crippen LogP contribution >= 0.6 is 0 Å². The molecule has 14 rings (SSSR count). The summed E-state index contributed by atoms with van der Waals surface area (Å²) >= 11 is 0. The fraction of sp³-hybridized carbons (Fsp3) is 0.0278. The van der Waals surface area contributed by atoms with Crippen molar-refractivity contribution in [3.05, 3.63) is 342 Å². The molecule has 0 atom stereocenters. The minimum absolute atomic E-state index is 0.545. The fourth-order valence-electron chi connectivity index (χ4n) is 12.7. The maximum absolute atomic E-state index is 2.41. The summed E-state index contributed by atoms with van der Waals surface area (Å²) in [4.78, 5) is 2.38. The van der Waals surface area contributed by atoms with E-state index in [1.807, 2.05) is 0 Å². The van der Waals surface area contributed by atoms with Crippen molar-refractivity contribution in [3.8, 4) is 44.5 Å². The van der Waals surface area contributed by atoms with Gasteiger partial charge in [-0.15, -0.1) is 0 Å². The van der Waals surface area contributed by atoms with Gasteiger partial charge in [-0.1, -0.05) is 255 Å². The van der Waals surface area contributed by atoms with E-state index in [0.717, 1.165) is 17.1 Å². The van der Waals surface area contributed by atoms with Gasteiger partial charge in [0.2, 0.25) is 0 Å². The first-order valence-corrected chi connectivity index (χ1v) is 25.4. The molecule has 1 heteroatoms. The summed E-state index contributed by atoms with van der Waals surface area (Å²) in [6.07, 6.45) is 0. The largest absolute Gasteiger partial charge is 0.311 e. The maximum atomic E-state index is 2.41. The van der Waals surface area contributed by atoms with Crippen LogP contribution in [0, 0.1) is 0 Å². The van der Waals surface area contributed by atoms with Crippen molar-refractivity contribution < 1.29 is 0 Å². The predicted molar refractivity (Wildman–Crippen MR) is 304 cm³/mol. The number of hydrogen-bond donors (Lipinski definition) is 0. The van der Waals surface area contributed by atoms with Gasteiger partial charge in [-0.3, -0.25) is 0 Å². The van der Waals surface area contributed by atoms with Crippen molar-refractivity contribution in [2.75, 3.05) is 4.90 Å². The lowest BCUT2D eigenvalue weighted by molar-refractivity contribution is 0.623. The molecule has 0 saturated heterocycles.